The summed E-state index contributed by atoms with van der Waals surface area (Å²) >= 11 is 0. The molecule has 2 nitrogen and oxygen atoms in total. The normalized spacial score (nSPS) is 10.4. The zero-order valence-electron chi connectivity index (χ0n) is 8.67. The maximum atomic E-state index is 13.1. The second kappa shape index (κ2) is 3.89. The molecule has 0 aliphatic heterocycles. The van der Waals surface area contributed by atoms with Crippen molar-refractivity contribution in [1.29, 1.82) is 0 Å². The molecule has 2 rings (SSSR count). The summed E-state index contributed by atoms with van der Waals surface area (Å²) in [6.45, 7) is 1.86. The lowest BCUT2D eigenvalue weighted by Gasteiger charge is -2.06. The number of aryl methyl sites for hydroxylation is 1. The van der Waals surface area contributed by atoms with Gasteiger partial charge in [-0.05, 0) is 36.2 Å². The number of benzene rings is 1. The average molecular weight is 220 g/mol. The zero-order chi connectivity index (χ0) is 11.7. The average Bonchev–Trinajstić information content (AvgIpc) is 2.26. The zero-order valence-corrected chi connectivity index (χ0v) is 8.67. The number of rotatable bonds is 1. The predicted molar refractivity (Wildman–Crippen MR) is 58.7 cm³/mol. The Balaban J connectivity index is 2.58. The van der Waals surface area contributed by atoms with Gasteiger partial charge in [-0.25, -0.2) is 13.8 Å². The van der Waals surface area contributed by atoms with Crippen molar-refractivity contribution in [2.75, 3.05) is 5.73 Å². The van der Waals surface area contributed by atoms with Crippen molar-refractivity contribution in [3.8, 4) is 11.1 Å². The number of hydrogen-bond acceptors (Lipinski definition) is 2. The molecule has 1 aromatic carbocycles. The van der Waals surface area contributed by atoms with Gasteiger partial charge in [0.25, 0.3) is 0 Å². The van der Waals surface area contributed by atoms with Crippen LogP contribution >= 0.6 is 0 Å². The standard InChI is InChI=1S/C12H10F2N2/c1-7-4-9(12(15)16-6-7)8-2-3-10(13)11(14)5-8/h2-6H,1H3,(H2,15,16). The van der Waals surface area contributed by atoms with Crippen molar-refractivity contribution < 1.29 is 8.78 Å². The highest BCUT2D eigenvalue weighted by Crippen LogP contribution is 2.26. The third-order valence-electron chi connectivity index (χ3n) is 2.29. The van der Waals surface area contributed by atoms with E-state index in [9.17, 15) is 8.78 Å². The summed E-state index contributed by atoms with van der Waals surface area (Å²) in [4.78, 5) is 3.97. The Morgan fingerprint density at radius 2 is 1.88 bits per heavy atom. The number of aromatic nitrogens is 1. The van der Waals surface area contributed by atoms with E-state index in [0.29, 0.717) is 16.9 Å². The molecule has 0 atom stereocenters. The van der Waals surface area contributed by atoms with Crippen molar-refractivity contribution in [3.63, 3.8) is 0 Å². The van der Waals surface area contributed by atoms with Gasteiger partial charge in [-0.3, -0.25) is 0 Å². The van der Waals surface area contributed by atoms with Gasteiger partial charge in [0.05, 0.1) is 0 Å². The van der Waals surface area contributed by atoms with E-state index in [1.54, 1.807) is 12.3 Å². The molecule has 0 radical (unpaired) electrons. The number of nitrogens with two attached hydrogens (primary N) is 1. The van der Waals surface area contributed by atoms with Crippen LogP contribution < -0.4 is 5.73 Å². The quantitative estimate of drug-likeness (QED) is 0.802. The maximum absolute atomic E-state index is 13.1. The third-order valence-corrected chi connectivity index (χ3v) is 2.29. The van der Waals surface area contributed by atoms with Crippen LogP contribution in [-0.2, 0) is 0 Å². The number of nitrogens with zero attached hydrogens (tertiary/aromatic N) is 1. The molecule has 0 aliphatic carbocycles. The van der Waals surface area contributed by atoms with E-state index < -0.39 is 11.6 Å². The molecule has 0 bridgehead atoms. The van der Waals surface area contributed by atoms with E-state index in [0.717, 1.165) is 17.7 Å². The molecule has 2 N–H and O–H groups in total. The molecule has 0 fully saturated rings. The van der Waals surface area contributed by atoms with Crippen LogP contribution in [0, 0.1) is 18.6 Å². The first-order valence-electron chi connectivity index (χ1n) is 4.75. The fraction of sp³-hybridized carbons (Fsp3) is 0.0833. The minimum Gasteiger partial charge on any atom is -0.383 e. The van der Waals surface area contributed by atoms with E-state index in [2.05, 4.69) is 4.98 Å². The monoisotopic (exact) mass is 220 g/mol. The van der Waals surface area contributed by atoms with Crippen molar-refractivity contribution in [3.05, 3.63) is 47.7 Å². The molecule has 1 heterocycles. The molecule has 0 amide bonds. The summed E-state index contributed by atoms with van der Waals surface area (Å²) in [5.74, 6) is -1.46. The molecule has 16 heavy (non-hydrogen) atoms. The minimum atomic E-state index is -0.890. The van der Waals surface area contributed by atoms with Crippen LogP contribution in [0.25, 0.3) is 11.1 Å². The van der Waals surface area contributed by atoms with Gasteiger partial charge in [-0.2, -0.15) is 0 Å². The van der Waals surface area contributed by atoms with Gasteiger partial charge in [0, 0.05) is 11.8 Å². The number of nitrogen functional groups attached to an aromatic ring is 1. The Kier molecular flexibility index (Phi) is 2.56. The Bertz CT molecular complexity index is 539. The van der Waals surface area contributed by atoms with Crippen molar-refractivity contribution in [2.24, 2.45) is 0 Å². The fourth-order valence-electron chi connectivity index (χ4n) is 1.47. The Hall–Kier alpha value is -1.97. The van der Waals surface area contributed by atoms with Crippen molar-refractivity contribution in [1.82, 2.24) is 4.98 Å². The second-order valence-corrected chi connectivity index (χ2v) is 3.57. The summed E-state index contributed by atoms with van der Waals surface area (Å²) in [6, 6.07) is 5.45. The van der Waals surface area contributed by atoms with E-state index in [-0.39, 0.29) is 0 Å². The Labute approximate surface area is 91.7 Å². The van der Waals surface area contributed by atoms with Gasteiger partial charge < -0.3 is 5.73 Å². The van der Waals surface area contributed by atoms with Gasteiger partial charge in [-0.15, -0.1) is 0 Å². The van der Waals surface area contributed by atoms with Gasteiger partial charge in [0.15, 0.2) is 11.6 Å². The molecule has 4 heteroatoms. The lowest BCUT2D eigenvalue weighted by Crippen LogP contribution is -1.95. The third kappa shape index (κ3) is 1.86. The number of pyridine rings is 1. The van der Waals surface area contributed by atoms with Gasteiger partial charge in [-0.1, -0.05) is 6.07 Å². The largest absolute Gasteiger partial charge is 0.383 e. The summed E-state index contributed by atoms with van der Waals surface area (Å²) in [7, 11) is 0. The molecule has 0 saturated carbocycles. The van der Waals surface area contributed by atoms with Gasteiger partial charge in [0.1, 0.15) is 5.82 Å². The number of halogens is 2. The highest BCUT2D eigenvalue weighted by molar-refractivity contribution is 5.74. The van der Waals surface area contributed by atoms with Crippen molar-refractivity contribution in [2.45, 2.75) is 6.92 Å². The highest BCUT2D eigenvalue weighted by atomic mass is 19.2. The van der Waals surface area contributed by atoms with E-state index in [4.69, 9.17) is 5.73 Å². The van der Waals surface area contributed by atoms with Gasteiger partial charge >= 0.3 is 0 Å². The van der Waals surface area contributed by atoms with Crippen LogP contribution in [0.4, 0.5) is 14.6 Å². The molecule has 82 valence electrons. The van der Waals surface area contributed by atoms with Crippen LogP contribution in [-0.4, -0.2) is 4.98 Å². The highest BCUT2D eigenvalue weighted by Gasteiger charge is 2.08. The molecule has 0 unspecified atom stereocenters. The van der Waals surface area contributed by atoms with Crippen LogP contribution in [0.1, 0.15) is 5.56 Å². The van der Waals surface area contributed by atoms with Crippen LogP contribution in [0.3, 0.4) is 0 Å². The van der Waals surface area contributed by atoms with E-state index in [1.165, 1.54) is 6.07 Å². The topological polar surface area (TPSA) is 38.9 Å². The SMILES string of the molecule is Cc1cnc(N)c(-c2ccc(F)c(F)c2)c1. The lowest BCUT2D eigenvalue weighted by atomic mass is 10.0. The predicted octanol–water partition coefficient (Wildman–Crippen LogP) is 2.92. The molecule has 2 aromatic rings. The number of hydrogen-bond donors (Lipinski definition) is 1. The smallest absolute Gasteiger partial charge is 0.159 e. The van der Waals surface area contributed by atoms with E-state index in [1.807, 2.05) is 6.92 Å². The maximum Gasteiger partial charge on any atom is 0.159 e. The number of anilines is 1. The van der Waals surface area contributed by atoms with Gasteiger partial charge in [0.2, 0.25) is 0 Å². The minimum absolute atomic E-state index is 0.302. The first-order valence-corrected chi connectivity index (χ1v) is 4.75. The lowest BCUT2D eigenvalue weighted by molar-refractivity contribution is 0.509. The summed E-state index contributed by atoms with van der Waals surface area (Å²) in [5, 5.41) is 0. The molecule has 0 aliphatic rings. The molecule has 1 aromatic heterocycles. The molecular formula is C12H10F2N2. The van der Waals surface area contributed by atoms with Crippen molar-refractivity contribution >= 4 is 5.82 Å². The first-order chi connectivity index (χ1) is 7.58. The van der Waals surface area contributed by atoms with E-state index >= 15 is 0 Å². The van der Waals surface area contributed by atoms with Crippen LogP contribution in [0.5, 0.6) is 0 Å². The second-order valence-electron chi connectivity index (χ2n) is 3.57. The van der Waals surface area contributed by atoms with Crippen LogP contribution in [0.15, 0.2) is 30.5 Å². The fourth-order valence-corrected chi connectivity index (χ4v) is 1.47. The Morgan fingerprint density at radius 1 is 1.12 bits per heavy atom. The summed E-state index contributed by atoms with van der Waals surface area (Å²) in [5.41, 5.74) is 7.72. The summed E-state index contributed by atoms with van der Waals surface area (Å²) in [6.07, 6.45) is 1.62. The van der Waals surface area contributed by atoms with Crippen LogP contribution in [0.2, 0.25) is 0 Å². The summed E-state index contributed by atoms with van der Waals surface area (Å²) < 4.78 is 25.8. The molecule has 0 saturated heterocycles. The molecular weight excluding hydrogens is 210 g/mol. The molecule has 0 spiro atoms. The first kappa shape index (κ1) is 10.5. The Morgan fingerprint density at radius 3 is 2.56 bits per heavy atom.